The fourth-order valence-electron chi connectivity index (χ4n) is 2.26. The van der Waals surface area contributed by atoms with Gasteiger partial charge in [-0.3, -0.25) is 4.57 Å². The van der Waals surface area contributed by atoms with Crippen molar-refractivity contribution in [2.75, 3.05) is 13.5 Å². The summed E-state index contributed by atoms with van der Waals surface area (Å²) in [4.78, 5) is 23.4. The van der Waals surface area contributed by atoms with E-state index in [4.69, 9.17) is 19.3 Å². The zero-order valence-corrected chi connectivity index (χ0v) is 14.2. The van der Waals surface area contributed by atoms with E-state index in [1.165, 1.54) is 7.11 Å². The zero-order chi connectivity index (χ0) is 15.2. The molecule has 1 heterocycles. The minimum absolute atomic E-state index is 0.373. The first-order chi connectivity index (χ1) is 9.90. The predicted octanol–water partition coefficient (Wildman–Crippen LogP) is 3.00. The van der Waals surface area contributed by atoms with Gasteiger partial charge in [0.2, 0.25) is 0 Å². The fourth-order valence-corrected chi connectivity index (χ4v) is 3.97. The summed E-state index contributed by atoms with van der Waals surface area (Å²) in [7, 11) is -2.72. The third-order valence-electron chi connectivity index (χ3n) is 3.11. The third kappa shape index (κ3) is 2.74. The molecule has 0 bridgehead atoms. The number of thiazole rings is 1. The monoisotopic (exact) mass is 391 g/mol. The number of rotatable bonds is 4. The lowest BCUT2D eigenvalue weighted by Gasteiger charge is -2.15. The maximum absolute atomic E-state index is 11.0. The minimum atomic E-state index is -4.25. The molecule has 1 aromatic carbocycles. The van der Waals surface area contributed by atoms with E-state index < -0.39 is 13.9 Å². The highest BCUT2D eigenvalue weighted by Gasteiger charge is 2.30. The normalized spacial score (nSPS) is 13.0. The Hall–Kier alpha value is -0.920. The fraction of sp³-hybridized carbons (Fsp3) is 0.250. The molecule has 0 atom stereocenters. The Bertz CT molecular complexity index is 756. The van der Waals surface area contributed by atoms with E-state index in [1.54, 1.807) is 22.9 Å². The molecule has 0 fully saturated rings. The average molecular weight is 392 g/mol. The van der Waals surface area contributed by atoms with Gasteiger partial charge in [-0.2, -0.15) is 0 Å². The standard InChI is InChI=1S/C12H11BrNO5PS/c1-18-8-3-7(19-5-20(15,16)17)10-6(11(8)13)2-9-12(10)14-4-21-9/h3-4H,2,5H2,1H3,(H2,15,16,17). The molecule has 3 rings (SSSR count). The van der Waals surface area contributed by atoms with Crippen molar-refractivity contribution in [1.29, 1.82) is 0 Å². The summed E-state index contributed by atoms with van der Waals surface area (Å²) < 4.78 is 22.5. The van der Waals surface area contributed by atoms with Gasteiger partial charge in [0, 0.05) is 22.9 Å². The van der Waals surface area contributed by atoms with Crippen LogP contribution < -0.4 is 9.47 Å². The van der Waals surface area contributed by atoms with Crippen LogP contribution in [0.2, 0.25) is 0 Å². The largest absolute Gasteiger partial charge is 0.495 e. The highest BCUT2D eigenvalue weighted by Crippen LogP contribution is 2.50. The smallest absolute Gasteiger partial charge is 0.362 e. The predicted molar refractivity (Wildman–Crippen MR) is 82.1 cm³/mol. The second-order valence-corrected chi connectivity index (χ2v) is 7.80. The molecule has 2 aromatic rings. The van der Waals surface area contributed by atoms with Crippen molar-refractivity contribution >= 4 is 34.9 Å². The zero-order valence-electron chi connectivity index (χ0n) is 10.9. The SMILES string of the molecule is COc1cc(OCP(=O)(O)O)c2c(c1Br)Cc1scnc1-2. The number of hydrogen-bond donors (Lipinski definition) is 2. The van der Waals surface area contributed by atoms with E-state index >= 15 is 0 Å². The summed E-state index contributed by atoms with van der Waals surface area (Å²) in [6, 6.07) is 1.62. The van der Waals surface area contributed by atoms with Crippen molar-refractivity contribution in [2.45, 2.75) is 6.42 Å². The third-order valence-corrected chi connectivity index (χ3v) is 5.28. The Kier molecular flexibility index (Phi) is 3.83. The molecule has 0 saturated heterocycles. The number of aromatic nitrogens is 1. The number of benzene rings is 1. The Labute approximate surface area is 133 Å². The van der Waals surface area contributed by atoms with Crippen LogP contribution in [0.15, 0.2) is 16.0 Å². The molecule has 21 heavy (non-hydrogen) atoms. The van der Waals surface area contributed by atoms with Crippen LogP contribution in [0.4, 0.5) is 0 Å². The van der Waals surface area contributed by atoms with E-state index in [2.05, 4.69) is 20.9 Å². The van der Waals surface area contributed by atoms with E-state index in [0.29, 0.717) is 17.9 Å². The van der Waals surface area contributed by atoms with Gasteiger partial charge in [-0.25, -0.2) is 4.98 Å². The molecule has 6 nitrogen and oxygen atoms in total. The van der Waals surface area contributed by atoms with Crippen molar-refractivity contribution in [3.63, 3.8) is 0 Å². The average Bonchev–Trinajstić information content (AvgIpc) is 2.98. The molecule has 2 N–H and O–H groups in total. The van der Waals surface area contributed by atoms with Crippen molar-refractivity contribution in [3.8, 4) is 22.8 Å². The Balaban J connectivity index is 2.12. The van der Waals surface area contributed by atoms with Gasteiger partial charge in [-0.1, -0.05) is 0 Å². The first kappa shape index (κ1) is 15.0. The molecule has 0 aliphatic heterocycles. The summed E-state index contributed by atoms with van der Waals surface area (Å²) in [6.45, 7) is 0. The lowest BCUT2D eigenvalue weighted by atomic mass is 10.1. The maximum atomic E-state index is 11.0. The summed E-state index contributed by atoms with van der Waals surface area (Å²) in [5.74, 6) is 0.933. The van der Waals surface area contributed by atoms with Crippen LogP contribution in [0.25, 0.3) is 11.3 Å². The molecule has 1 aliphatic carbocycles. The van der Waals surface area contributed by atoms with Crippen LogP contribution in [-0.2, 0) is 11.0 Å². The highest BCUT2D eigenvalue weighted by molar-refractivity contribution is 9.10. The van der Waals surface area contributed by atoms with Gasteiger partial charge in [0.1, 0.15) is 11.5 Å². The molecule has 0 saturated carbocycles. The van der Waals surface area contributed by atoms with Crippen molar-refractivity contribution < 1.29 is 23.8 Å². The van der Waals surface area contributed by atoms with Crippen molar-refractivity contribution in [2.24, 2.45) is 0 Å². The molecule has 0 radical (unpaired) electrons. The summed E-state index contributed by atoms with van der Waals surface area (Å²) in [5, 5.41) is 0. The number of nitrogens with zero attached hydrogens (tertiary/aromatic N) is 1. The number of methoxy groups -OCH3 is 1. The van der Waals surface area contributed by atoms with Crippen LogP contribution >= 0.6 is 34.9 Å². The molecular weight excluding hydrogens is 381 g/mol. The highest BCUT2D eigenvalue weighted by atomic mass is 79.9. The van der Waals surface area contributed by atoms with Crippen LogP contribution in [0.1, 0.15) is 10.4 Å². The topological polar surface area (TPSA) is 88.9 Å². The number of fused-ring (bicyclic) bond motifs is 3. The van der Waals surface area contributed by atoms with Gasteiger partial charge >= 0.3 is 7.60 Å². The molecule has 112 valence electrons. The Morgan fingerprint density at radius 2 is 2.24 bits per heavy atom. The molecule has 1 aromatic heterocycles. The van der Waals surface area contributed by atoms with Crippen molar-refractivity contribution in [1.82, 2.24) is 4.98 Å². The lowest BCUT2D eigenvalue weighted by molar-refractivity contribution is 0.300. The first-order valence-corrected chi connectivity index (χ1v) is 9.37. The number of ether oxygens (including phenoxy) is 2. The van der Waals surface area contributed by atoms with Gasteiger partial charge < -0.3 is 19.3 Å². The van der Waals surface area contributed by atoms with Gasteiger partial charge in [-0.15, -0.1) is 11.3 Å². The van der Waals surface area contributed by atoms with E-state index in [0.717, 1.165) is 26.2 Å². The maximum Gasteiger partial charge on any atom is 0.362 e. The minimum Gasteiger partial charge on any atom is -0.495 e. The first-order valence-electron chi connectivity index (χ1n) is 5.90. The van der Waals surface area contributed by atoms with Gasteiger partial charge in [0.15, 0.2) is 6.35 Å². The van der Waals surface area contributed by atoms with Crippen LogP contribution in [-0.4, -0.2) is 28.2 Å². The summed E-state index contributed by atoms with van der Waals surface area (Å²) >= 11 is 5.04. The van der Waals surface area contributed by atoms with Crippen molar-refractivity contribution in [3.05, 3.63) is 26.5 Å². The van der Waals surface area contributed by atoms with E-state index in [9.17, 15) is 4.57 Å². The number of halogens is 1. The Morgan fingerprint density at radius 3 is 2.90 bits per heavy atom. The van der Waals surface area contributed by atoms with Gasteiger partial charge in [0.05, 0.1) is 22.8 Å². The summed E-state index contributed by atoms with van der Waals surface area (Å²) in [5.41, 5.74) is 4.29. The Morgan fingerprint density at radius 1 is 1.48 bits per heavy atom. The second kappa shape index (κ2) is 5.37. The molecule has 1 aliphatic rings. The molecule has 0 amide bonds. The van der Waals surface area contributed by atoms with E-state index in [1.807, 2.05) is 0 Å². The van der Waals surface area contributed by atoms with E-state index in [-0.39, 0.29) is 0 Å². The molecular formula is C12H11BrNO5PS. The molecule has 0 spiro atoms. The van der Waals surface area contributed by atoms with Gasteiger partial charge in [-0.05, 0) is 21.5 Å². The lowest BCUT2D eigenvalue weighted by Crippen LogP contribution is -2.01. The molecule has 9 heteroatoms. The van der Waals surface area contributed by atoms with Crippen LogP contribution in [0.5, 0.6) is 11.5 Å². The van der Waals surface area contributed by atoms with Crippen LogP contribution in [0, 0.1) is 0 Å². The van der Waals surface area contributed by atoms with Gasteiger partial charge in [0.25, 0.3) is 0 Å². The van der Waals surface area contributed by atoms with Crippen LogP contribution in [0.3, 0.4) is 0 Å². The second-order valence-electron chi connectivity index (χ2n) is 4.48. The molecule has 0 unspecified atom stereocenters. The quantitative estimate of drug-likeness (QED) is 0.664. The number of hydrogen-bond acceptors (Lipinski definition) is 5. The summed E-state index contributed by atoms with van der Waals surface area (Å²) in [6.07, 6.45) is 0.0169.